The molecule has 0 spiro atoms. The molecular formula is C20H29ClN2S. The van der Waals surface area contributed by atoms with E-state index in [0.29, 0.717) is 5.25 Å². The van der Waals surface area contributed by atoms with Crippen LogP contribution in [0, 0.1) is 0 Å². The molecule has 0 saturated heterocycles. The number of nitrogens with zero attached hydrogens (tertiary/aromatic N) is 2. The van der Waals surface area contributed by atoms with Gasteiger partial charge in [0.25, 0.3) is 0 Å². The quantitative estimate of drug-likeness (QED) is 0.395. The van der Waals surface area contributed by atoms with Crippen molar-refractivity contribution in [3.05, 3.63) is 53.6 Å². The second-order valence-electron chi connectivity index (χ2n) is 6.35. The summed E-state index contributed by atoms with van der Waals surface area (Å²) < 4.78 is 2.19. The normalized spacial score (nSPS) is 12.4. The van der Waals surface area contributed by atoms with Gasteiger partial charge in [-0.1, -0.05) is 62.8 Å². The number of halogens is 1. The SMILES string of the molecule is CCCCCCCC(CCn1ccnc1)SCc1ccc(Cl)cc1. The Balaban J connectivity index is 1.77. The lowest BCUT2D eigenvalue weighted by atomic mass is 10.1. The molecule has 0 aliphatic rings. The average molecular weight is 365 g/mol. The van der Waals surface area contributed by atoms with Gasteiger partial charge in [-0.25, -0.2) is 4.98 Å². The molecule has 1 aromatic carbocycles. The first-order chi connectivity index (χ1) is 11.8. The summed E-state index contributed by atoms with van der Waals surface area (Å²) in [6.45, 7) is 3.34. The number of aromatic nitrogens is 2. The van der Waals surface area contributed by atoms with E-state index in [2.05, 4.69) is 46.6 Å². The van der Waals surface area contributed by atoms with Gasteiger partial charge in [-0.3, -0.25) is 0 Å². The third-order valence-corrected chi connectivity index (χ3v) is 5.99. The summed E-state index contributed by atoms with van der Waals surface area (Å²) in [7, 11) is 0. The van der Waals surface area contributed by atoms with Gasteiger partial charge in [0, 0.05) is 35.0 Å². The smallest absolute Gasteiger partial charge is 0.0945 e. The van der Waals surface area contributed by atoms with E-state index in [1.54, 1.807) is 0 Å². The zero-order chi connectivity index (χ0) is 17.0. The number of hydrogen-bond donors (Lipinski definition) is 0. The summed E-state index contributed by atoms with van der Waals surface area (Å²) in [4.78, 5) is 4.14. The number of hydrogen-bond acceptors (Lipinski definition) is 2. The first-order valence-electron chi connectivity index (χ1n) is 9.09. The van der Waals surface area contributed by atoms with Crippen molar-refractivity contribution in [1.29, 1.82) is 0 Å². The zero-order valence-electron chi connectivity index (χ0n) is 14.7. The Morgan fingerprint density at radius 2 is 1.88 bits per heavy atom. The van der Waals surface area contributed by atoms with Crippen LogP contribution in [-0.2, 0) is 12.3 Å². The molecule has 2 rings (SSSR count). The lowest BCUT2D eigenvalue weighted by Crippen LogP contribution is -2.08. The predicted molar refractivity (Wildman–Crippen MR) is 107 cm³/mol. The fourth-order valence-corrected chi connectivity index (χ4v) is 4.15. The standard InChI is InChI=1S/C20H29ClN2S/c1-2-3-4-5-6-7-20(12-14-23-15-13-22-17-23)24-16-18-8-10-19(21)11-9-18/h8-11,13,15,17,20H,2-7,12,14,16H2,1H3. The van der Waals surface area contributed by atoms with Crippen molar-refractivity contribution >= 4 is 23.4 Å². The summed E-state index contributed by atoms with van der Waals surface area (Å²) in [5.41, 5.74) is 1.36. The Bertz CT molecular complexity index is 539. The maximum Gasteiger partial charge on any atom is 0.0945 e. The predicted octanol–water partition coefficient (Wildman–Crippen LogP) is 6.59. The molecule has 0 aliphatic carbocycles. The van der Waals surface area contributed by atoms with Gasteiger partial charge in [0.2, 0.25) is 0 Å². The summed E-state index contributed by atoms with van der Waals surface area (Å²) in [5, 5.41) is 1.53. The van der Waals surface area contributed by atoms with E-state index in [1.165, 1.54) is 50.5 Å². The van der Waals surface area contributed by atoms with Crippen LogP contribution in [0.15, 0.2) is 43.0 Å². The van der Waals surface area contributed by atoms with Crippen molar-refractivity contribution in [3.63, 3.8) is 0 Å². The van der Waals surface area contributed by atoms with E-state index >= 15 is 0 Å². The van der Waals surface area contributed by atoms with Crippen LogP contribution in [0.4, 0.5) is 0 Å². The van der Waals surface area contributed by atoms with Crippen LogP contribution in [0.3, 0.4) is 0 Å². The van der Waals surface area contributed by atoms with Crippen LogP contribution in [0.2, 0.25) is 5.02 Å². The highest BCUT2D eigenvalue weighted by molar-refractivity contribution is 7.99. The minimum absolute atomic E-state index is 0.713. The molecule has 0 radical (unpaired) electrons. The van der Waals surface area contributed by atoms with Gasteiger partial charge >= 0.3 is 0 Å². The molecule has 24 heavy (non-hydrogen) atoms. The maximum absolute atomic E-state index is 5.98. The molecule has 1 unspecified atom stereocenters. The molecule has 1 heterocycles. The van der Waals surface area contributed by atoms with Crippen LogP contribution in [0.1, 0.15) is 57.4 Å². The van der Waals surface area contributed by atoms with Crippen LogP contribution >= 0.6 is 23.4 Å². The fraction of sp³-hybridized carbons (Fsp3) is 0.550. The van der Waals surface area contributed by atoms with E-state index in [0.717, 1.165) is 17.3 Å². The van der Waals surface area contributed by atoms with Crippen LogP contribution in [-0.4, -0.2) is 14.8 Å². The minimum atomic E-state index is 0.713. The molecule has 132 valence electrons. The lowest BCUT2D eigenvalue weighted by molar-refractivity contribution is 0.553. The first kappa shape index (κ1) is 19.4. The van der Waals surface area contributed by atoms with E-state index in [4.69, 9.17) is 11.6 Å². The molecule has 0 bridgehead atoms. The van der Waals surface area contributed by atoms with Crippen LogP contribution in [0.25, 0.3) is 0 Å². The summed E-state index contributed by atoms with van der Waals surface area (Å²) in [6.07, 6.45) is 15.2. The van der Waals surface area contributed by atoms with Gasteiger partial charge in [0.1, 0.15) is 0 Å². The molecule has 0 N–H and O–H groups in total. The Labute approximate surface area is 156 Å². The number of benzene rings is 1. The van der Waals surface area contributed by atoms with E-state index in [9.17, 15) is 0 Å². The van der Waals surface area contributed by atoms with E-state index in [1.807, 2.05) is 24.7 Å². The molecule has 4 heteroatoms. The van der Waals surface area contributed by atoms with E-state index < -0.39 is 0 Å². The molecule has 0 saturated carbocycles. The Morgan fingerprint density at radius 1 is 1.08 bits per heavy atom. The van der Waals surface area contributed by atoms with Gasteiger partial charge in [-0.2, -0.15) is 11.8 Å². The Hall–Kier alpha value is -0.930. The van der Waals surface area contributed by atoms with Crippen molar-refractivity contribution in [3.8, 4) is 0 Å². The van der Waals surface area contributed by atoms with E-state index in [-0.39, 0.29) is 0 Å². The van der Waals surface area contributed by atoms with Crippen molar-refractivity contribution < 1.29 is 0 Å². The second kappa shape index (κ2) is 11.6. The van der Waals surface area contributed by atoms with Crippen molar-refractivity contribution in [2.45, 2.75) is 69.4 Å². The molecule has 2 aromatic rings. The first-order valence-corrected chi connectivity index (χ1v) is 10.5. The summed E-state index contributed by atoms with van der Waals surface area (Å²) in [6, 6.07) is 8.26. The molecule has 0 fully saturated rings. The van der Waals surface area contributed by atoms with Crippen molar-refractivity contribution in [2.75, 3.05) is 0 Å². The molecule has 0 amide bonds. The third-order valence-electron chi connectivity index (χ3n) is 4.30. The van der Waals surface area contributed by atoms with Gasteiger partial charge < -0.3 is 4.57 Å². The highest BCUT2D eigenvalue weighted by atomic mass is 35.5. The highest BCUT2D eigenvalue weighted by Crippen LogP contribution is 2.26. The number of imidazole rings is 1. The second-order valence-corrected chi connectivity index (χ2v) is 8.08. The number of aryl methyl sites for hydroxylation is 1. The zero-order valence-corrected chi connectivity index (χ0v) is 16.2. The summed E-state index contributed by atoms with van der Waals surface area (Å²) in [5.74, 6) is 1.07. The number of unbranched alkanes of at least 4 members (excludes halogenated alkanes) is 4. The lowest BCUT2D eigenvalue weighted by Gasteiger charge is -2.17. The van der Waals surface area contributed by atoms with Crippen LogP contribution < -0.4 is 0 Å². The fourth-order valence-electron chi connectivity index (χ4n) is 2.79. The van der Waals surface area contributed by atoms with Gasteiger partial charge in [-0.15, -0.1) is 0 Å². The molecule has 1 aromatic heterocycles. The minimum Gasteiger partial charge on any atom is -0.337 e. The number of rotatable bonds is 12. The maximum atomic E-state index is 5.98. The molecule has 1 atom stereocenters. The monoisotopic (exact) mass is 364 g/mol. The van der Waals surface area contributed by atoms with Crippen molar-refractivity contribution in [2.24, 2.45) is 0 Å². The Morgan fingerprint density at radius 3 is 2.58 bits per heavy atom. The topological polar surface area (TPSA) is 17.8 Å². The van der Waals surface area contributed by atoms with Crippen molar-refractivity contribution in [1.82, 2.24) is 9.55 Å². The summed E-state index contributed by atoms with van der Waals surface area (Å²) >= 11 is 8.07. The highest BCUT2D eigenvalue weighted by Gasteiger charge is 2.10. The van der Waals surface area contributed by atoms with Gasteiger partial charge in [0.15, 0.2) is 0 Å². The molecule has 0 aliphatic heterocycles. The van der Waals surface area contributed by atoms with Gasteiger partial charge in [0.05, 0.1) is 6.33 Å². The molecule has 2 nitrogen and oxygen atoms in total. The van der Waals surface area contributed by atoms with Crippen LogP contribution in [0.5, 0.6) is 0 Å². The number of thioether (sulfide) groups is 1. The van der Waals surface area contributed by atoms with Gasteiger partial charge in [-0.05, 0) is 30.5 Å². The molecular weight excluding hydrogens is 336 g/mol. The Kier molecular flexibility index (Phi) is 9.37. The largest absolute Gasteiger partial charge is 0.337 e. The third kappa shape index (κ3) is 7.76. The average Bonchev–Trinajstić information content (AvgIpc) is 3.11.